The molecule has 2 aromatic rings. The van der Waals surface area contributed by atoms with Gasteiger partial charge < -0.3 is 5.32 Å². The molecule has 1 aliphatic rings. The van der Waals surface area contributed by atoms with Crippen molar-refractivity contribution in [3.05, 3.63) is 49.9 Å². The normalized spacial score (nSPS) is 15.1. The quantitative estimate of drug-likeness (QED) is 0.584. The van der Waals surface area contributed by atoms with Gasteiger partial charge in [0.1, 0.15) is 0 Å². The molecule has 0 aliphatic carbocycles. The van der Waals surface area contributed by atoms with E-state index in [9.17, 15) is 13.2 Å². The molecule has 0 bridgehead atoms. The molecule has 0 amide bonds. The van der Waals surface area contributed by atoms with Crippen molar-refractivity contribution < 1.29 is 13.2 Å². The van der Waals surface area contributed by atoms with Gasteiger partial charge in [0.15, 0.2) is 10.8 Å². The Hall–Kier alpha value is -0.990. The number of nitrogens with one attached hydrogen (secondary N) is 1. The summed E-state index contributed by atoms with van der Waals surface area (Å²) in [7, 11) is 0. The number of anilines is 2. The Morgan fingerprint density at radius 2 is 1.72 bits per heavy atom. The van der Waals surface area contributed by atoms with Crippen molar-refractivity contribution in [2.45, 2.75) is 12.7 Å². The predicted molar refractivity (Wildman–Crippen MR) is 96.3 cm³/mol. The highest BCUT2D eigenvalue weighted by Gasteiger charge is 2.38. The molecule has 0 fully saturated rings. The molecule has 3 rings (SSSR count). The monoisotopic (exact) mass is 427 g/mol. The number of rotatable bonds is 4. The van der Waals surface area contributed by atoms with Gasteiger partial charge in [0.25, 0.3) is 0 Å². The van der Waals surface area contributed by atoms with Crippen LogP contribution in [0.4, 0.5) is 24.0 Å². The van der Waals surface area contributed by atoms with Crippen LogP contribution in [0.3, 0.4) is 0 Å². The summed E-state index contributed by atoms with van der Waals surface area (Å²) in [6, 6.07) is 2.90. The second-order valence-corrected chi connectivity index (χ2v) is 7.66. The van der Waals surface area contributed by atoms with Crippen LogP contribution in [0.25, 0.3) is 0 Å². The molecule has 0 radical (unpaired) electrons. The Labute approximate surface area is 161 Å². The minimum Gasteiger partial charge on any atom is -0.329 e. The molecule has 1 aromatic carbocycles. The van der Waals surface area contributed by atoms with Crippen molar-refractivity contribution in [3.63, 3.8) is 0 Å². The highest BCUT2D eigenvalue weighted by atomic mass is 35.5. The average Bonchev–Trinajstić information content (AvgIpc) is 3.12. The first-order valence-corrected chi connectivity index (χ1v) is 9.05. The summed E-state index contributed by atoms with van der Waals surface area (Å²) in [5.74, 6) is 0. The number of aromatic nitrogens is 1. The molecular formula is C15H11Cl3F3N3S. The van der Waals surface area contributed by atoms with Crippen LogP contribution in [-0.2, 0) is 12.7 Å². The van der Waals surface area contributed by atoms with Crippen LogP contribution >= 0.6 is 46.1 Å². The van der Waals surface area contributed by atoms with E-state index in [0.29, 0.717) is 18.1 Å². The van der Waals surface area contributed by atoms with Gasteiger partial charge in [-0.15, -0.1) is 0 Å². The third-order valence-corrected chi connectivity index (χ3v) is 5.24. The number of hydrogen-bond donors (Lipinski definition) is 1. The third-order valence-electron chi connectivity index (χ3n) is 3.47. The zero-order valence-corrected chi connectivity index (χ0v) is 15.6. The van der Waals surface area contributed by atoms with Crippen molar-refractivity contribution >= 4 is 57.0 Å². The first-order chi connectivity index (χ1) is 11.7. The molecular weight excluding hydrogens is 418 g/mol. The molecule has 134 valence electrons. The summed E-state index contributed by atoms with van der Waals surface area (Å²) in [6.45, 7) is 1.41. The fourth-order valence-electron chi connectivity index (χ4n) is 2.36. The maximum absolute atomic E-state index is 13.3. The van der Waals surface area contributed by atoms with Gasteiger partial charge in [-0.25, -0.2) is 4.98 Å². The van der Waals surface area contributed by atoms with Crippen LogP contribution in [0.2, 0.25) is 15.1 Å². The largest absolute Gasteiger partial charge is 0.434 e. The summed E-state index contributed by atoms with van der Waals surface area (Å²) in [5.41, 5.74) is -0.627. The minimum atomic E-state index is -4.54. The molecule has 0 saturated carbocycles. The minimum absolute atomic E-state index is 0.0700. The molecule has 1 aliphatic heterocycles. The van der Waals surface area contributed by atoms with Crippen molar-refractivity contribution in [1.29, 1.82) is 0 Å². The van der Waals surface area contributed by atoms with Crippen LogP contribution in [-0.4, -0.2) is 23.0 Å². The predicted octanol–water partition coefficient (Wildman–Crippen LogP) is 6.24. The first-order valence-electron chi connectivity index (χ1n) is 7.10. The molecule has 0 unspecified atom stereocenters. The molecule has 3 nitrogen and oxygen atoms in total. The van der Waals surface area contributed by atoms with Crippen LogP contribution in [0, 0.1) is 0 Å². The highest BCUT2D eigenvalue weighted by molar-refractivity contribution is 7.15. The van der Waals surface area contributed by atoms with E-state index in [4.69, 9.17) is 34.8 Å². The molecule has 1 N–H and O–H groups in total. The van der Waals surface area contributed by atoms with E-state index in [2.05, 4.69) is 10.3 Å². The number of halogens is 6. The van der Waals surface area contributed by atoms with Gasteiger partial charge in [0, 0.05) is 24.7 Å². The van der Waals surface area contributed by atoms with Crippen LogP contribution in [0.1, 0.15) is 10.6 Å². The van der Waals surface area contributed by atoms with Gasteiger partial charge in [-0.05, 0) is 12.1 Å². The molecule has 10 heteroatoms. The van der Waals surface area contributed by atoms with Crippen LogP contribution < -0.4 is 5.32 Å². The average molecular weight is 429 g/mol. The number of thiazole rings is 1. The van der Waals surface area contributed by atoms with Gasteiger partial charge in [-0.2, -0.15) is 13.2 Å². The molecule has 0 spiro atoms. The Morgan fingerprint density at radius 3 is 2.28 bits per heavy atom. The summed E-state index contributed by atoms with van der Waals surface area (Å²) in [4.78, 5) is 5.73. The smallest absolute Gasteiger partial charge is 0.329 e. The molecule has 0 saturated heterocycles. The van der Waals surface area contributed by atoms with Crippen molar-refractivity contribution in [3.8, 4) is 0 Å². The van der Waals surface area contributed by atoms with Gasteiger partial charge in [0.05, 0.1) is 20.6 Å². The van der Waals surface area contributed by atoms with Crippen molar-refractivity contribution in [1.82, 2.24) is 9.88 Å². The van der Waals surface area contributed by atoms with E-state index in [1.165, 1.54) is 12.1 Å². The summed E-state index contributed by atoms with van der Waals surface area (Å²) >= 11 is 18.9. The first kappa shape index (κ1) is 18.8. The second kappa shape index (κ2) is 7.32. The van der Waals surface area contributed by atoms with Gasteiger partial charge in [-0.3, -0.25) is 4.90 Å². The SMILES string of the molecule is FC(F)(F)c1nc(Nc2c(Cl)cc(Cl)cc2Cl)sc1CN1CC=CC1. The lowest BCUT2D eigenvalue weighted by Crippen LogP contribution is -2.20. The Morgan fingerprint density at radius 1 is 1.12 bits per heavy atom. The lowest BCUT2D eigenvalue weighted by Gasteiger charge is -2.14. The second-order valence-electron chi connectivity index (χ2n) is 5.32. The Bertz CT molecular complexity index is 789. The Balaban J connectivity index is 1.91. The lowest BCUT2D eigenvalue weighted by atomic mass is 10.3. The number of hydrogen-bond acceptors (Lipinski definition) is 4. The van der Waals surface area contributed by atoms with E-state index in [1.807, 2.05) is 17.1 Å². The van der Waals surface area contributed by atoms with Gasteiger partial charge in [0.2, 0.25) is 0 Å². The summed E-state index contributed by atoms with van der Waals surface area (Å²) < 4.78 is 39.9. The third kappa shape index (κ3) is 4.41. The van der Waals surface area contributed by atoms with Crippen molar-refractivity contribution in [2.24, 2.45) is 0 Å². The van der Waals surface area contributed by atoms with Crippen LogP contribution in [0.5, 0.6) is 0 Å². The molecule has 2 heterocycles. The van der Waals surface area contributed by atoms with E-state index >= 15 is 0 Å². The van der Waals surface area contributed by atoms with Crippen LogP contribution in [0.15, 0.2) is 24.3 Å². The zero-order valence-electron chi connectivity index (χ0n) is 12.5. The number of nitrogens with zero attached hydrogens (tertiary/aromatic N) is 2. The summed E-state index contributed by atoms with van der Waals surface area (Å²) in [6.07, 6.45) is -0.700. The molecule has 1 aromatic heterocycles. The Kier molecular flexibility index (Phi) is 5.51. The van der Waals surface area contributed by atoms with E-state index in [0.717, 1.165) is 11.3 Å². The van der Waals surface area contributed by atoms with Gasteiger partial charge in [-0.1, -0.05) is 58.3 Å². The highest BCUT2D eigenvalue weighted by Crippen LogP contribution is 2.40. The fourth-order valence-corrected chi connectivity index (χ4v) is 4.30. The maximum Gasteiger partial charge on any atom is 0.434 e. The topological polar surface area (TPSA) is 28.2 Å². The fraction of sp³-hybridized carbons (Fsp3) is 0.267. The standard InChI is InChI=1S/C15H11Cl3F3N3S/c16-8-5-9(17)12(10(18)6-8)22-14-23-13(15(19,20)21)11(25-14)7-24-3-1-2-4-24/h1-2,5-6H,3-4,7H2,(H,22,23). The summed E-state index contributed by atoms with van der Waals surface area (Å²) in [5, 5.41) is 3.58. The number of benzene rings is 1. The molecule has 25 heavy (non-hydrogen) atoms. The number of alkyl halides is 3. The van der Waals surface area contributed by atoms with E-state index in [1.54, 1.807) is 0 Å². The maximum atomic E-state index is 13.3. The lowest BCUT2D eigenvalue weighted by molar-refractivity contribution is -0.141. The van der Waals surface area contributed by atoms with Crippen molar-refractivity contribution in [2.75, 3.05) is 18.4 Å². The van der Waals surface area contributed by atoms with E-state index in [-0.39, 0.29) is 32.3 Å². The zero-order chi connectivity index (χ0) is 18.2. The molecule has 0 atom stereocenters. The van der Waals surface area contributed by atoms with E-state index < -0.39 is 11.9 Å². The van der Waals surface area contributed by atoms with Gasteiger partial charge >= 0.3 is 6.18 Å².